The van der Waals surface area contributed by atoms with Gasteiger partial charge in [-0.15, -0.1) is 0 Å². The molecule has 2 heterocycles. The quantitative estimate of drug-likeness (QED) is 0.459. The van der Waals surface area contributed by atoms with E-state index in [1.807, 2.05) is 12.1 Å². The lowest BCUT2D eigenvalue weighted by atomic mass is 10.0. The zero-order valence-corrected chi connectivity index (χ0v) is 21.6. The van der Waals surface area contributed by atoms with E-state index in [1.165, 1.54) is 0 Å². The van der Waals surface area contributed by atoms with Gasteiger partial charge in [0, 0.05) is 26.2 Å². The first-order valence-electron chi connectivity index (χ1n) is 12.2. The van der Waals surface area contributed by atoms with Crippen molar-refractivity contribution < 1.29 is 19.4 Å². The van der Waals surface area contributed by atoms with E-state index in [0.29, 0.717) is 11.4 Å². The van der Waals surface area contributed by atoms with E-state index < -0.39 is 17.6 Å². The number of hydrogen-bond acceptors (Lipinski definition) is 7. The number of phenols is 1. The van der Waals surface area contributed by atoms with Crippen LogP contribution in [0.3, 0.4) is 0 Å². The SMILES string of the molecule is CN1CCN(c2ccc(C(=O)Nc3cc(-c4ccc(O)cc4)ccc3NC(=O)OC(C)(C)C)nc2)CC1. The Morgan fingerprint density at radius 2 is 1.57 bits per heavy atom. The second-order valence-electron chi connectivity index (χ2n) is 10.1. The van der Waals surface area contributed by atoms with Crippen LogP contribution in [0.2, 0.25) is 0 Å². The molecule has 0 aliphatic carbocycles. The van der Waals surface area contributed by atoms with E-state index in [4.69, 9.17) is 4.74 Å². The zero-order chi connectivity index (χ0) is 26.6. The molecule has 2 amide bonds. The first kappa shape index (κ1) is 26.0. The molecule has 37 heavy (non-hydrogen) atoms. The summed E-state index contributed by atoms with van der Waals surface area (Å²) in [6, 6.07) is 15.6. The molecule has 2 aromatic carbocycles. The summed E-state index contributed by atoms with van der Waals surface area (Å²) in [6.07, 6.45) is 1.09. The molecular formula is C28H33N5O4. The van der Waals surface area contributed by atoms with Crippen LogP contribution >= 0.6 is 0 Å². The Morgan fingerprint density at radius 3 is 2.19 bits per heavy atom. The molecule has 1 fully saturated rings. The Hall–Kier alpha value is -4.11. The molecule has 1 aliphatic rings. The van der Waals surface area contributed by atoms with E-state index in [9.17, 15) is 14.7 Å². The summed E-state index contributed by atoms with van der Waals surface area (Å²) in [4.78, 5) is 34.5. The summed E-state index contributed by atoms with van der Waals surface area (Å²) in [6.45, 7) is 9.11. The van der Waals surface area contributed by atoms with Gasteiger partial charge in [-0.3, -0.25) is 10.1 Å². The van der Waals surface area contributed by atoms with Gasteiger partial charge in [-0.05, 0) is 75.3 Å². The number of aromatic nitrogens is 1. The maximum Gasteiger partial charge on any atom is 0.412 e. The number of piperazine rings is 1. The summed E-state index contributed by atoms with van der Waals surface area (Å²) in [5.41, 5.74) is 2.98. The third-order valence-corrected chi connectivity index (χ3v) is 5.95. The number of likely N-dealkylation sites (N-methyl/N-ethyl adjacent to an activating group) is 1. The molecule has 0 unspecified atom stereocenters. The van der Waals surface area contributed by atoms with Gasteiger partial charge in [0.25, 0.3) is 5.91 Å². The lowest BCUT2D eigenvalue weighted by Gasteiger charge is -2.33. The van der Waals surface area contributed by atoms with Crippen molar-refractivity contribution in [3.63, 3.8) is 0 Å². The number of benzene rings is 2. The molecule has 0 atom stereocenters. The third kappa shape index (κ3) is 6.98. The Labute approximate surface area is 217 Å². The minimum atomic E-state index is -0.672. The fraction of sp³-hybridized carbons (Fsp3) is 0.321. The third-order valence-electron chi connectivity index (χ3n) is 5.95. The highest BCUT2D eigenvalue weighted by Gasteiger charge is 2.20. The minimum Gasteiger partial charge on any atom is -0.508 e. The van der Waals surface area contributed by atoms with Crippen molar-refractivity contribution >= 4 is 29.1 Å². The van der Waals surface area contributed by atoms with Gasteiger partial charge in [0.05, 0.1) is 23.3 Å². The molecule has 3 aromatic rings. The van der Waals surface area contributed by atoms with Gasteiger partial charge >= 0.3 is 6.09 Å². The van der Waals surface area contributed by atoms with Crippen molar-refractivity contribution in [3.05, 3.63) is 66.5 Å². The number of anilines is 3. The second-order valence-corrected chi connectivity index (χ2v) is 10.1. The van der Waals surface area contributed by atoms with Crippen molar-refractivity contribution in [1.82, 2.24) is 9.88 Å². The molecule has 3 N–H and O–H groups in total. The zero-order valence-electron chi connectivity index (χ0n) is 21.6. The van der Waals surface area contributed by atoms with Gasteiger partial charge in [-0.2, -0.15) is 0 Å². The van der Waals surface area contributed by atoms with Crippen LogP contribution in [0.15, 0.2) is 60.8 Å². The smallest absolute Gasteiger partial charge is 0.412 e. The van der Waals surface area contributed by atoms with E-state index in [1.54, 1.807) is 69.4 Å². The van der Waals surface area contributed by atoms with E-state index in [-0.39, 0.29) is 11.4 Å². The Morgan fingerprint density at radius 1 is 0.892 bits per heavy atom. The molecule has 0 saturated carbocycles. The molecule has 9 nitrogen and oxygen atoms in total. The number of aromatic hydroxyl groups is 1. The number of phenolic OH excluding ortho intramolecular Hbond substituents is 1. The minimum absolute atomic E-state index is 0.159. The molecule has 9 heteroatoms. The Kier molecular flexibility index (Phi) is 7.63. The van der Waals surface area contributed by atoms with E-state index in [0.717, 1.165) is 43.0 Å². The predicted octanol–water partition coefficient (Wildman–Crippen LogP) is 4.81. The first-order valence-corrected chi connectivity index (χ1v) is 12.2. The van der Waals surface area contributed by atoms with Crippen LogP contribution in [0.25, 0.3) is 11.1 Å². The molecule has 0 bridgehead atoms. The number of carbonyl (C=O) groups is 2. The van der Waals surface area contributed by atoms with Crippen LogP contribution in [0.5, 0.6) is 5.75 Å². The summed E-state index contributed by atoms with van der Waals surface area (Å²) in [5, 5.41) is 15.2. The number of amides is 2. The van der Waals surface area contributed by atoms with Gasteiger partial charge in [0.1, 0.15) is 17.0 Å². The Bertz CT molecular complexity index is 1250. The van der Waals surface area contributed by atoms with Crippen LogP contribution in [0, 0.1) is 0 Å². The molecule has 1 aliphatic heterocycles. The molecule has 194 valence electrons. The highest BCUT2D eigenvalue weighted by molar-refractivity contribution is 6.06. The van der Waals surface area contributed by atoms with Crippen molar-refractivity contribution in [2.24, 2.45) is 0 Å². The summed E-state index contributed by atoms with van der Waals surface area (Å²) in [5.74, 6) is -0.244. The average Bonchev–Trinajstić information content (AvgIpc) is 2.85. The molecule has 1 aromatic heterocycles. The van der Waals surface area contributed by atoms with E-state index >= 15 is 0 Å². The molecule has 0 spiro atoms. The van der Waals surface area contributed by atoms with E-state index in [2.05, 4.69) is 32.5 Å². The van der Waals surface area contributed by atoms with Crippen LogP contribution < -0.4 is 15.5 Å². The maximum absolute atomic E-state index is 13.1. The normalized spacial score (nSPS) is 14.2. The van der Waals surface area contributed by atoms with Crippen LogP contribution in [-0.2, 0) is 4.74 Å². The van der Waals surface area contributed by atoms with Crippen molar-refractivity contribution in [1.29, 1.82) is 0 Å². The van der Waals surface area contributed by atoms with Gasteiger partial charge in [0.2, 0.25) is 0 Å². The van der Waals surface area contributed by atoms with Gasteiger partial charge in [-0.1, -0.05) is 18.2 Å². The number of carbonyl (C=O) groups excluding carboxylic acids is 2. The number of hydrogen-bond donors (Lipinski definition) is 3. The lowest BCUT2D eigenvalue weighted by molar-refractivity contribution is 0.0635. The second kappa shape index (κ2) is 10.9. The average molecular weight is 504 g/mol. The van der Waals surface area contributed by atoms with Crippen molar-refractivity contribution in [2.75, 3.05) is 48.8 Å². The molecule has 4 rings (SSSR count). The fourth-order valence-corrected chi connectivity index (χ4v) is 3.96. The highest BCUT2D eigenvalue weighted by atomic mass is 16.6. The molecular weight excluding hydrogens is 470 g/mol. The number of nitrogens with zero attached hydrogens (tertiary/aromatic N) is 3. The standard InChI is InChI=1S/C28H33N5O4/c1-28(2,3)37-27(36)31-23-11-7-20(19-5-9-22(34)10-6-19)17-25(23)30-26(35)24-12-8-21(18-29-24)33-15-13-32(4)14-16-33/h5-12,17-18,34H,13-16H2,1-4H3,(H,30,35)(H,31,36). The number of pyridine rings is 1. The predicted molar refractivity (Wildman–Crippen MR) is 145 cm³/mol. The monoisotopic (exact) mass is 503 g/mol. The molecule has 0 radical (unpaired) electrons. The van der Waals surface area contributed by atoms with Crippen LogP contribution in [0.1, 0.15) is 31.3 Å². The topological polar surface area (TPSA) is 107 Å². The van der Waals surface area contributed by atoms with Gasteiger partial charge < -0.3 is 25.0 Å². The molecule has 1 saturated heterocycles. The number of nitrogens with one attached hydrogen (secondary N) is 2. The number of ether oxygens (including phenoxy) is 1. The largest absolute Gasteiger partial charge is 0.508 e. The van der Waals surface area contributed by atoms with Gasteiger partial charge in [0.15, 0.2) is 0 Å². The fourth-order valence-electron chi connectivity index (χ4n) is 3.96. The first-order chi connectivity index (χ1) is 17.6. The van der Waals surface area contributed by atoms with Crippen molar-refractivity contribution in [3.8, 4) is 16.9 Å². The highest BCUT2D eigenvalue weighted by Crippen LogP contribution is 2.31. The lowest BCUT2D eigenvalue weighted by Crippen LogP contribution is -2.44. The Balaban J connectivity index is 1.56. The van der Waals surface area contributed by atoms with Crippen molar-refractivity contribution in [2.45, 2.75) is 26.4 Å². The van der Waals surface area contributed by atoms with Crippen LogP contribution in [0.4, 0.5) is 21.9 Å². The van der Waals surface area contributed by atoms with Crippen LogP contribution in [-0.4, -0.2) is 65.8 Å². The summed E-state index contributed by atoms with van der Waals surface area (Å²) < 4.78 is 5.38. The van der Waals surface area contributed by atoms with Gasteiger partial charge in [-0.25, -0.2) is 9.78 Å². The summed E-state index contributed by atoms with van der Waals surface area (Å²) in [7, 11) is 2.10. The maximum atomic E-state index is 13.1. The summed E-state index contributed by atoms with van der Waals surface area (Å²) >= 11 is 0. The number of rotatable bonds is 5.